The van der Waals surface area contributed by atoms with Gasteiger partial charge in [-0.25, -0.2) is 5.01 Å². The van der Waals surface area contributed by atoms with Gasteiger partial charge in [-0.3, -0.25) is 19.8 Å². The van der Waals surface area contributed by atoms with E-state index < -0.39 is 5.91 Å². The van der Waals surface area contributed by atoms with Gasteiger partial charge >= 0.3 is 0 Å². The zero-order valence-corrected chi connectivity index (χ0v) is 16.1. The molecule has 1 aromatic carbocycles. The summed E-state index contributed by atoms with van der Waals surface area (Å²) in [7, 11) is 0. The Labute approximate surface area is 166 Å². The van der Waals surface area contributed by atoms with E-state index in [9.17, 15) is 14.4 Å². The van der Waals surface area contributed by atoms with E-state index in [0.717, 1.165) is 47.6 Å². The normalized spacial score (nSPS) is 30.4. The van der Waals surface area contributed by atoms with Crippen molar-refractivity contribution in [2.24, 2.45) is 23.2 Å². The van der Waals surface area contributed by atoms with Crippen LogP contribution in [0.1, 0.15) is 50.5 Å². The van der Waals surface area contributed by atoms with Gasteiger partial charge in [0.25, 0.3) is 5.91 Å². The Morgan fingerprint density at radius 2 is 1.68 bits per heavy atom. The first-order valence-electron chi connectivity index (χ1n) is 10.2. The summed E-state index contributed by atoms with van der Waals surface area (Å²) in [6.45, 7) is -0.273. The topological polar surface area (TPSA) is 66.5 Å². The molecule has 2 amide bonds. The Morgan fingerprint density at radius 1 is 1.07 bits per heavy atom. The number of nitrogens with zero attached hydrogens (tertiary/aromatic N) is 1. The number of carbonyl (C=O) groups is 2. The van der Waals surface area contributed by atoms with Gasteiger partial charge < -0.3 is 0 Å². The van der Waals surface area contributed by atoms with Crippen LogP contribution in [-0.4, -0.2) is 29.7 Å². The van der Waals surface area contributed by atoms with Crippen LogP contribution in [0, 0.1) is 23.2 Å². The predicted molar refractivity (Wildman–Crippen MR) is 106 cm³/mol. The Bertz CT molecular complexity index is 736. The van der Waals surface area contributed by atoms with Gasteiger partial charge in [0.05, 0.1) is 0 Å². The Morgan fingerprint density at radius 3 is 2.25 bits per heavy atom. The lowest BCUT2D eigenvalue weighted by Crippen LogP contribution is -2.51. The van der Waals surface area contributed by atoms with Crippen molar-refractivity contribution in [1.29, 1.82) is 0 Å². The molecule has 0 aromatic heterocycles. The number of benzene rings is 1. The summed E-state index contributed by atoms with van der Waals surface area (Å²) >= 11 is 0. The van der Waals surface area contributed by atoms with Gasteiger partial charge in [-0.1, -0.05) is 30.3 Å². The van der Waals surface area contributed by atoms with E-state index in [0.29, 0.717) is 6.42 Å². The fraction of sp³-hybridized carbons (Fsp3) is 0.522. The molecule has 5 heteroatoms. The minimum atomic E-state index is -0.425. The number of hydrogen-bond donors (Lipinski definition) is 1. The van der Waals surface area contributed by atoms with Gasteiger partial charge in [-0.15, -0.1) is 0 Å². The molecule has 0 heterocycles. The summed E-state index contributed by atoms with van der Waals surface area (Å²) in [5.74, 6) is 1.72. The Hall–Kier alpha value is -2.43. The van der Waals surface area contributed by atoms with Gasteiger partial charge in [-0.05, 0) is 73.3 Å². The molecule has 147 valence electrons. The van der Waals surface area contributed by atoms with E-state index in [1.165, 1.54) is 25.3 Å². The number of amides is 2. The van der Waals surface area contributed by atoms with Crippen molar-refractivity contribution in [3.63, 3.8) is 0 Å². The summed E-state index contributed by atoms with van der Waals surface area (Å²) in [5, 5.41) is 1.06. The van der Waals surface area contributed by atoms with E-state index in [-0.39, 0.29) is 17.9 Å². The standard InChI is InChI=1S/C23H27N2O3/c26-9-8-25(22(28)7-6-17-4-2-1-3-5-17)24-21(27)16-23-13-18-10-19(14-23)12-20(11-18)15-23/h1-7,18-20H,8,10-16H2,(H,24,27)/b7-6+. The lowest BCUT2D eigenvalue weighted by atomic mass is 9.49. The van der Waals surface area contributed by atoms with Crippen LogP contribution in [0.5, 0.6) is 0 Å². The van der Waals surface area contributed by atoms with Gasteiger partial charge in [-0.2, -0.15) is 0 Å². The van der Waals surface area contributed by atoms with E-state index >= 15 is 0 Å². The minimum Gasteiger partial charge on any atom is -0.289 e. The fourth-order valence-electron chi connectivity index (χ4n) is 6.10. The molecule has 4 aliphatic rings. The number of hydrogen-bond acceptors (Lipinski definition) is 3. The maximum absolute atomic E-state index is 12.7. The highest BCUT2D eigenvalue weighted by Crippen LogP contribution is 2.61. The van der Waals surface area contributed by atoms with Crippen molar-refractivity contribution in [2.45, 2.75) is 44.9 Å². The second-order valence-electron chi connectivity index (χ2n) is 8.94. The molecular weight excluding hydrogens is 352 g/mol. The van der Waals surface area contributed by atoms with E-state index in [1.54, 1.807) is 12.4 Å². The third-order valence-corrected chi connectivity index (χ3v) is 6.67. The number of carbonyl (C=O) groups excluding carboxylic acids is 3. The van der Waals surface area contributed by atoms with Crippen LogP contribution in [-0.2, 0) is 14.4 Å². The Kier molecular flexibility index (Phi) is 5.33. The van der Waals surface area contributed by atoms with E-state index in [4.69, 9.17) is 0 Å². The zero-order valence-electron chi connectivity index (χ0n) is 16.1. The lowest BCUT2D eigenvalue weighted by Gasteiger charge is -2.56. The van der Waals surface area contributed by atoms with Crippen LogP contribution in [0.4, 0.5) is 0 Å². The molecule has 0 atom stereocenters. The number of nitrogens with one attached hydrogen (secondary N) is 1. The lowest BCUT2D eigenvalue weighted by molar-refractivity contribution is -0.141. The second-order valence-corrected chi connectivity index (χ2v) is 8.94. The van der Waals surface area contributed by atoms with Crippen molar-refractivity contribution in [2.75, 3.05) is 6.54 Å². The first-order valence-corrected chi connectivity index (χ1v) is 10.2. The van der Waals surface area contributed by atoms with E-state index in [2.05, 4.69) is 5.43 Å². The first-order chi connectivity index (χ1) is 13.5. The van der Waals surface area contributed by atoms with Crippen LogP contribution in [0.3, 0.4) is 0 Å². The highest BCUT2D eigenvalue weighted by atomic mass is 16.2. The monoisotopic (exact) mass is 379 g/mol. The highest BCUT2D eigenvalue weighted by molar-refractivity contribution is 5.94. The van der Waals surface area contributed by atoms with Crippen LogP contribution in [0.15, 0.2) is 36.4 Å². The largest absolute Gasteiger partial charge is 0.289 e. The van der Waals surface area contributed by atoms with Crippen molar-refractivity contribution in [3.05, 3.63) is 42.0 Å². The summed E-state index contributed by atoms with van der Waals surface area (Å²) in [5.41, 5.74) is 3.64. The van der Waals surface area contributed by atoms with Crippen molar-refractivity contribution >= 4 is 24.2 Å². The average Bonchev–Trinajstić information content (AvgIpc) is 2.65. The van der Waals surface area contributed by atoms with Crippen LogP contribution < -0.4 is 5.43 Å². The first kappa shape index (κ1) is 18.9. The number of hydrazine groups is 1. The van der Waals surface area contributed by atoms with Gasteiger partial charge in [0.15, 0.2) is 0 Å². The minimum absolute atomic E-state index is 0.0956. The smallest absolute Gasteiger partial charge is 0.265 e. The molecule has 1 N–H and O–H groups in total. The molecule has 4 bridgehead atoms. The maximum atomic E-state index is 12.7. The summed E-state index contributed by atoms with van der Waals surface area (Å²) in [6, 6.07) is 9.43. The average molecular weight is 379 g/mol. The van der Waals surface area contributed by atoms with E-state index in [1.807, 2.05) is 30.3 Å². The molecule has 4 saturated carbocycles. The molecule has 0 unspecified atom stereocenters. The van der Waals surface area contributed by atoms with Crippen molar-refractivity contribution in [1.82, 2.24) is 10.4 Å². The van der Waals surface area contributed by atoms with Gasteiger partial charge in [0, 0.05) is 12.5 Å². The molecule has 28 heavy (non-hydrogen) atoms. The second kappa shape index (κ2) is 7.90. The Balaban J connectivity index is 1.37. The molecule has 0 aliphatic heterocycles. The molecule has 4 aliphatic carbocycles. The summed E-state index contributed by atoms with van der Waals surface area (Å²) < 4.78 is 0. The molecule has 1 aromatic rings. The third kappa shape index (κ3) is 4.18. The number of rotatable bonds is 6. The molecule has 5 nitrogen and oxygen atoms in total. The summed E-state index contributed by atoms with van der Waals surface area (Å²) in [6.07, 6.45) is 12.6. The third-order valence-electron chi connectivity index (χ3n) is 6.67. The summed E-state index contributed by atoms with van der Waals surface area (Å²) in [4.78, 5) is 36.1. The van der Waals surface area contributed by atoms with Gasteiger partial charge in [0.1, 0.15) is 6.54 Å². The van der Waals surface area contributed by atoms with Crippen molar-refractivity contribution < 1.29 is 14.4 Å². The fourth-order valence-corrected chi connectivity index (χ4v) is 6.10. The van der Waals surface area contributed by atoms with Crippen molar-refractivity contribution in [3.8, 4) is 0 Å². The van der Waals surface area contributed by atoms with Gasteiger partial charge in [0.2, 0.25) is 12.2 Å². The van der Waals surface area contributed by atoms with Crippen LogP contribution >= 0.6 is 0 Å². The van der Waals surface area contributed by atoms with Crippen LogP contribution in [0.25, 0.3) is 6.08 Å². The maximum Gasteiger partial charge on any atom is 0.265 e. The molecule has 0 saturated heterocycles. The molecule has 5 rings (SSSR count). The SMILES string of the molecule is O=[C]CN(NC(=O)CC12CC3CC(CC(C3)C1)C2)C(=O)/C=C/c1ccccc1. The molecular formula is C23H27N2O3. The zero-order chi connectivity index (χ0) is 19.6. The quantitative estimate of drug-likeness (QED) is 0.609. The molecule has 4 fully saturated rings. The molecule has 0 spiro atoms. The highest BCUT2D eigenvalue weighted by Gasteiger charge is 2.51. The predicted octanol–water partition coefficient (Wildman–Crippen LogP) is 3.28. The van der Waals surface area contributed by atoms with Crippen LogP contribution in [0.2, 0.25) is 0 Å². The molecule has 1 radical (unpaired) electrons.